The van der Waals surface area contributed by atoms with Gasteiger partial charge in [-0.2, -0.15) is 0 Å². The fraction of sp³-hybridized carbons (Fsp3) is 0.524. The van der Waals surface area contributed by atoms with E-state index in [1.54, 1.807) is 28.1 Å². The van der Waals surface area contributed by atoms with Crippen LogP contribution in [0.2, 0.25) is 0 Å². The van der Waals surface area contributed by atoms with Crippen LogP contribution in [-0.4, -0.2) is 64.5 Å². The molecule has 2 amide bonds. The molecule has 1 saturated heterocycles. The first-order valence-corrected chi connectivity index (χ1v) is 9.93. The summed E-state index contributed by atoms with van der Waals surface area (Å²) in [4.78, 5) is 33.4. The van der Waals surface area contributed by atoms with Crippen molar-refractivity contribution in [2.45, 2.75) is 34.1 Å². The van der Waals surface area contributed by atoms with Crippen molar-refractivity contribution >= 4 is 11.8 Å². The quantitative estimate of drug-likeness (QED) is 0.739. The molecular weight excluding hydrogens is 372 g/mol. The maximum absolute atomic E-state index is 13.0. The lowest BCUT2D eigenvalue weighted by Gasteiger charge is -2.35. The maximum atomic E-state index is 13.0. The lowest BCUT2D eigenvalue weighted by Crippen LogP contribution is -2.51. The molecule has 2 aromatic rings. The van der Waals surface area contributed by atoms with Gasteiger partial charge in [0.2, 0.25) is 11.8 Å². The topological polar surface area (TPSA) is 88.8 Å². The Kier molecular flexibility index (Phi) is 6.51. The van der Waals surface area contributed by atoms with Crippen molar-refractivity contribution in [3.05, 3.63) is 40.9 Å². The number of rotatable bonds is 6. The Morgan fingerprint density at radius 2 is 1.86 bits per heavy atom. The minimum Gasteiger partial charge on any atom is -0.477 e. The van der Waals surface area contributed by atoms with Gasteiger partial charge >= 0.3 is 0 Å². The molecule has 0 bridgehead atoms. The summed E-state index contributed by atoms with van der Waals surface area (Å²) in [6.45, 7) is 10.2. The van der Waals surface area contributed by atoms with Gasteiger partial charge in [0.25, 0.3) is 5.91 Å². The summed E-state index contributed by atoms with van der Waals surface area (Å²) in [5, 5.41) is 3.90. The molecule has 1 fully saturated rings. The molecule has 3 heterocycles. The van der Waals surface area contributed by atoms with E-state index in [9.17, 15) is 9.59 Å². The van der Waals surface area contributed by atoms with Crippen LogP contribution in [0.3, 0.4) is 0 Å². The molecule has 0 unspecified atom stereocenters. The van der Waals surface area contributed by atoms with Crippen LogP contribution >= 0.6 is 0 Å². The Balaban J connectivity index is 1.59. The predicted molar refractivity (Wildman–Crippen MR) is 107 cm³/mol. The first-order valence-electron chi connectivity index (χ1n) is 9.93. The van der Waals surface area contributed by atoms with Crippen LogP contribution in [-0.2, 0) is 11.2 Å². The zero-order valence-corrected chi connectivity index (χ0v) is 17.5. The van der Waals surface area contributed by atoms with Crippen molar-refractivity contribution < 1.29 is 18.8 Å². The van der Waals surface area contributed by atoms with E-state index < -0.39 is 0 Å². The first kappa shape index (κ1) is 20.8. The predicted octanol–water partition coefficient (Wildman–Crippen LogP) is 2.25. The maximum Gasteiger partial charge on any atom is 0.259 e. The Morgan fingerprint density at radius 3 is 2.48 bits per heavy atom. The molecular formula is C21H28N4O4. The third kappa shape index (κ3) is 4.93. The molecule has 0 radical (unpaired) electrons. The molecule has 1 aliphatic heterocycles. The number of carbonyl (C=O) groups is 2. The van der Waals surface area contributed by atoms with Crippen LogP contribution in [0.5, 0.6) is 5.88 Å². The number of carbonyl (C=O) groups excluding carboxylic acids is 2. The van der Waals surface area contributed by atoms with Crippen LogP contribution in [0.4, 0.5) is 0 Å². The van der Waals surface area contributed by atoms with Crippen molar-refractivity contribution in [3.8, 4) is 5.88 Å². The number of aromatic nitrogens is 2. The van der Waals surface area contributed by atoms with Crippen molar-refractivity contribution in [1.82, 2.24) is 19.9 Å². The zero-order chi connectivity index (χ0) is 21.0. The van der Waals surface area contributed by atoms with E-state index in [2.05, 4.69) is 10.1 Å². The average molecular weight is 400 g/mol. The molecule has 156 valence electrons. The van der Waals surface area contributed by atoms with Gasteiger partial charge in [0, 0.05) is 37.9 Å². The molecule has 8 nitrogen and oxygen atoms in total. The van der Waals surface area contributed by atoms with Gasteiger partial charge in [0.1, 0.15) is 11.3 Å². The normalized spacial score (nSPS) is 14.4. The number of amides is 2. The minimum absolute atomic E-state index is 0.0221. The molecule has 2 aromatic heterocycles. The van der Waals surface area contributed by atoms with Crippen LogP contribution < -0.4 is 4.74 Å². The van der Waals surface area contributed by atoms with Crippen molar-refractivity contribution in [2.75, 3.05) is 32.8 Å². The summed E-state index contributed by atoms with van der Waals surface area (Å²) in [6, 6.07) is 3.47. The minimum atomic E-state index is -0.116. The molecule has 0 aliphatic carbocycles. The van der Waals surface area contributed by atoms with Gasteiger partial charge in [-0.15, -0.1) is 0 Å². The third-order valence-electron chi connectivity index (χ3n) is 4.98. The van der Waals surface area contributed by atoms with Gasteiger partial charge in [-0.1, -0.05) is 19.0 Å². The van der Waals surface area contributed by atoms with Crippen LogP contribution in [0, 0.1) is 19.8 Å². The zero-order valence-electron chi connectivity index (χ0n) is 17.5. The number of piperazine rings is 1. The molecule has 0 saturated carbocycles. The van der Waals surface area contributed by atoms with Crippen LogP contribution in [0.25, 0.3) is 0 Å². The Hall–Kier alpha value is -2.90. The third-order valence-corrected chi connectivity index (χ3v) is 4.98. The highest BCUT2D eigenvalue weighted by Gasteiger charge is 2.27. The highest BCUT2D eigenvalue weighted by Crippen LogP contribution is 2.19. The summed E-state index contributed by atoms with van der Waals surface area (Å²) in [5.74, 6) is 1.29. The van der Waals surface area contributed by atoms with E-state index in [4.69, 9.17) is 9.26 Å². The second-order valence-corrected chi connectivity index (χ2v) is 7.71. The number of nitrogens with zero attached hydrogens (tertiary/aromatic N) is 4. The van der Waals surface area contributed by atoms with Crippen molar-refractivity contribution in [2.24, 2.45) is 5.92 Å². The SMILES string of the molecule is Cc1noc(C)c1CC(=O)N1CCN(C(=O)c2cccnc2OCC(C)C)CC1. The highest BCUT2D eigenvalue weighted by molar-refractivity contribution is 5.96. The average Bonchev–Trinajstić information content (AvgIpc) is 3.04. The lowest BCUT2D eigenvalue weighted by atomic mass is 10.1. The van der Waals surface area contributed by atoms with Crippen molar-refractivity contribution in [3.63, 3.8) is 0 Å². The molecule has 1 aliphatic rings. The van der Waals surface area contributed by atoms with Gasteiger partial charge in [-0.25, -0.2) is 4.98 Å². The molecule has 8 heteroatoms. The fourth-order valence-electron chi connectivity index (χ4n) is 3.26. The van der Waals surface area contributed by atoms with E-state index in [1.807, 2.05) is 27.7 Å². The number of hydrogen-bond donors (Lipinski definition) is 0. The van der Waals surface area contributed by atoms with E-state index in [0.29, 0.717) is 55.9 Å². The van der Waals surface area contributed by atoms with E-state index in [0.717, 1.165) is 11.3 Å². The fourth-order valence-corrected chi connectivity index (χ4v) is 3.26. The van der Waals surface area contributed by atoms with Gasteiger partial charge in [-0.3, -0.25) is 9.59 Å². The lowest BCUT2D eigenvalue weighted by molar-refractivity contribution is -0.131. The van der Waals surface area contributed by atoms with E-state index in [-0.39, 0.29) is 18.2 Å². The van der Waals surface area contributed by atoms with E-state index in [1.165, 1.54) is 0 Å². The van der Waals surface area contributed by atoms with Gasteiger partial charge in [0.15, 0.2) is 0 Å². The van der Waals surface area contributed by atoms with Gasteiger partial charge < -0.3 is 19.1 Å². The molecule has 0 N–H and O–H groups in total. The number of hydrogen-bond acceptors (Lipinski definition) is 6. The Labute approximate surface area is 170 Å². The van der Waals surface area contributed by atoms with Crippen LogP contribution in [0.15, 0.2) is 22.9 Å². The van der Waals surface area contributed by atoms with Gasteiger partial charge in [0.05, 0.1) is 18.7 Å². The summed E-state index contributed by atoms with van der Waals surface area (Å²) < 4.78 is 10.8. The van der Waals surface area contributed by atoms with Crippen LogP contribution in [0.1, 0.15) is 41.2 Å². The molecule has 3 rings (SSSR count). The molecule has 0 spiro atoms. The second-order valence-electron chi connectivity index (χ2n) is 7.71. The number of pyridine rings is 1. The summed E-state index contributed by atoms with van der Waals surface area (Å²) >= 11 is 0. The van der Waals surface area contributed by atoms with Gasteiger partial charge in [-0.05, 0) is 31.9 Å². The van der Waals surface area contributed by atoms with E-state index >= 15 is 0 Å². The summed E-state index contributed by atoms with van der Waals surface area (Å²) in [5.41, 5.74) is 2.05. The Morgan fingerprint density at radius 1 is 1.17 bits per heavy atom. The van der Waals surface area contributed by atoms with Crippen molar-refractivity contribution in [1.29, 1.82) is 0 Å². The second kappa shape index (κ2) is 9.07. The largest absolute Gasteiger partial charge is 0.477 e. The molecule has 29 heavy (non-hydrogen) atoms. The molecule has 0 atom stereocenters. The summed E-state index contributed by atoms with van der Waals surface area (Å²) in [7, 11) is 0. The monoisotopic (exact) mass is 400 g/mol. The summed E-state index contributed by atoms with van der Waals surface area (Å²) in [6.07, 6.45) is 1.89. The Bertz CT molecular complexity index is 850. The number of ether oxygens (including phenoxy) is 1. The smallest absolute Gasteiger partial charge is 0.259 e. The highest BCUT2D eigenvalue weighted by atomic mass is 16.5. The standard InChI is InChI=1S/C21H28N4O4/c1-14(2)13-28-20-17(6-5-7-22-20)21(27)25-10-8-24(9-11-25)19(26)12-18-15(3)23-29-16(18)4/h5-7,14H,8-13H2,1-4H3. The number of aryl methyl sites for hydroxylation is 2. The first-order chi connectivity index (χ1) is 13.9. The molecule has 0 aromatic carbocycles.